The summed E-state index contributed by atoms with van der Waals surface area (Å²) in [6, 6.07) is 3.42. The number of amides is 4. The maximum Gasteiger partial charge on any atom is 0.408 e. The van der Waals surface area contributed by atoms with Crippen molar-refractivity contribution in [3.8, 4) is 6.08 Å². The van der Waals surface area contributed by atoms with Crippen LogP contribution in [0.25, 0.3) is 11.1 Å². The first-order chi connectivity index (χ1) is 23.1. The normalized spacial score (nSPS) is 28.7. The zero-order valence-electron chi connectivity index (χ0n) is 28.3. The largest absolute Gasteiger partial charge is 0.445 e. The number of carbonyl (C=O) groups excluding carboxylic acids is 4. The van der Waals surface area contributed by atoms with Gasteiger partial charge in [0.25, 0.3) is 5.91 Å². The van der Waals surface area contributed by atoms with Gasteiger partial charge >= 0.3 is 12.2 Å². The van der Waals surface area contributed by atoms with Crippen molar-refractivity contribution >= 4 is 44.9 Å². The lowest BCUT2D eigenvalue weighted by atomic mass is 10.0. The Morgan fingerprint density at radius 1 is 1.12 bits per heavy atom. The number of fused-ring (bicyclic) bond motifs is 3. The van der Waals surface area contributed by atoms with Crippen LogP contribution >= 0.6 is 0 Å². The van der Waals surface area contributed by atoms with Gasteiger partial charge in [-0.05, 0) is 83.9 Å². The third-order valence-corrected chi connectivity index (χ3v) is 11.1. The van der Waals surface area contributed by atoms with Crippen LogP contribution < -0.4 is 20.1 Å². The van der Waals surface area contributed by atoms with E-state index in [1.54, 1.807) is 26.8 Å². The number of nitrogens with zero attached hydrogens (tertiary/aromatic N) is 2. The van der Waals surface area contributed by atoms with Crippen molar-refractivity contribution in [2.45, 2.75) is 120 Å². The van der Waals surface area contributed by atoms with Gasteiger partial charge in [0.2, 0.25) is 21.8 Å². The number of hydrogen-bond acceptors (Lipinski definition) is 10. The van der Waals surface area contributed by atoms with E-state index in [-0.39, 0.29) is 25.5 Å². The zero-order chi connectivity index (χ0) is 35.1. The van der Waals surface area contributed by atoms with E-state index in [2.05, 4.69) is 20.3 Å². The Kier molecular flexibility index (Phi) is 9.42. The van der Waals surface area contributed by atoms with Gasteiger partial charge in [-0.1, -0.05) is 31.1 Å². The van der Waals surface area contributed by atoms with E-state index in [9.17, 15) is 27.6 Å². The average molecular weight is 700 g/mol. The number of sulfonamides is 1. The highest BCUT2D eigenvalue weighted by Crippen LogP contribution is 2.46. The number of aromatic nitrogens is 1. The molecule has 49 heavy (non-hydrogen) atoms. The summed E-state index contributed by atoms with van der Waals surface area (Å²) < 4.78 is 45.0. The molecule has 15 heteroatoms. The lowest BCUT2D eigenvalue weighted by Crippen LogP contribution is -2.58. The molecule has 0 bridgehead atoms. The van der Waals surface area contributed by atoms with E-state index in [1.807, 2.05) is 31.2 Å². The monoisotopic (exact) mass is 699 g/mol. The maximum atomic E-state index is 14.3. The van der Waals surface area contributed by atoms with Crippen molar-refractivity contribution in [1.82, 2.24) is 25.2 Å². The minimum Gasteiger partial charge on any atom is -0.445 e. The highest BCUT2D eigenvalue weighted by Gasteiger charge is 2.62. The number of hydrogen-bond donors (Lipinski definition) is 3. The third kappa shape index (κ3) is 8.03. The summed E-state index contributed by atoms with van der Waals surface area (Å²) in [4.78, 5) is 60.6. The fourth-order valence-electron chi connectivity index (χ4n) is 6.50. The van der Waals surface area contributed by atoms with Crippen molar-refractivity contribution in [3.63, 3.8) is 0 Å². The molecule has 0 radical (unpaired) electrons. The number of allylic oxidation sites excluding steroid dienone is 1. The molecule has 1 saturated heterocycles. The Balaban J connectivity index is 1.28. The fraction of sp³-hybridized carbons (Fsp3) is 0.618. The van der Waals surface area contributed by atoms with Gasteiger partial charge in [0.05, 0.1) is 11.8 Å². The average Bonchev–Trinajstić information content (AvgIpc) is 3.90. The molecule has 14 nitrogen and oxygen atoms in total. The van der Waals surface area contributed by atoms with Gasteiger partial charge in [0, 0.05) is 12.3 Å². The van der Waals surface area contributed by atoms with E-state index in [4.69, 9.17) is 13.9 Å². The predicted octanol–water partition coefficient (Wildman–Crippen LogP) is 3.38. The molecular weight excluding hydrogens is 654 g/mol. The Morgan fingerprint density at radius 3 is 2.63 bits per heavy atom. The summed E-state index contributed by atoms with van der Waals surface area (Å²) in [6.07, 6.45) is 6.72. The van der Waals surface area contributed by atoms with Crippen molar-refractivity contribution in [2.24, 2.45) is 5.92 Å². The second kappa shape index (κ2) is 13.3. The molecule has 1 aromatic heterocycles. The number of benzene rings is 1. The van der Waals surface area contributed by atoms with E-state index in [0.29, 0.717) is 43.2 Å². The molecule has 2 aromatic rings. The van der Waals surface area contributed by atoms with Gasteiger partial charge in [-0.15, -0.1) is 0 Å². The molecule has 2 aliphatic carbocycles. The summed E-state index contributed by atoms with van der Waals surface area (Å²) in [6.45, 7) is 7.07. The summed E-state index contributed by atoms with van der Waals surface area (Å²) >= 11 is 0. The van der Waals surface area contributed by atoms with E-state index >= 15 is 0 Å². The van der Waals surface area contributed by atoms with Crippen molar-refractivity contribution < 1.29 is 41.5 Å². The van der Waals surface area contributed by atoms with E-state index in [0.717, 1.165) is 18.4 Å². The number of nitrogens with one attached hydrogen (secondary N) is 3. The molecule has 0 unspecified atom stereocenters. The Labute approximate surface area is 285 Å². The van der Waals surface area contributed by atoms with Crippen molar-refractivity contribution in [2.75, 3.05) is 6.54 Å². The first-order valence-electron chi connectivity index (χ1n) is 17.0. The number of carbonyl (C=O) groups is 4. The van der Waals surface area contributed by atoms with Crippen molar-refractivity contribution in [1.29, 1.82) is 0 Å². The second-order valence-corrected chi connectivity index (χ2v) is 16.6. The first kappa shape index (κ1) is 34.7. The van der Waals surface area contributed by atoms with Gasteiger partial charge in [0.15, 0.2) is 5.58 Å². The second-order valence-electron chi connectivity index (χ2n) is 14.6. The molecule has 2 aliphatic heterocycles. The number of oxazole rings is 1. The zero-order valence-corrected chi connectivity index (χ0v) is 29.1. The Bertz CT molecular complexity index is 1760. The molecule has 3 fully saturated rings. The maximum absolute atomic E-state index is 14.3. The Morgan fingerprint density at radius 2 is 1.90 bits per heavy atom. The van der Waals surface area contributed by atoms with Crippen molar-refractivity contribution in [3.05, 3.63) is 35.9 Å². The van der Waals surface area contributed by atoms with Crippen LogP contribution in [-0.4, -0.2) is 83.2 Å². The molecule has 3 N–H and O–H groups in total. The summed E-state index contributed by atoms with van der Waals surface area (Å²) in [5.74, 6) is -2.34. The van der Waals surface area contributed by atoms with Crippen LogP contribution in [0.1, 0.15) is 84.1 Å². The van der Waals surface area contributed by atoms with Crippen LogP contribution in [-0.2, 0) is 29.1 Å². The molecule has 6 rings (SSSR count). The molecular formula is C34H45N5O9S. The van der Waals surface area contributed by atoms with Gasteiger partial charge in [-0.2, -0.15) is 4.98 Å². The Hall–Kier alpha value is -4.14. The summed E-state index contributed by atoms with van der Waals surface area (Å²) in [5.41, 5.74) is -0.194. The molecule has 5 atom stereocenters. The van der Waals surface area contributed by atoms with Crippen LogP contribution in [0.15, 0.2) is 34.8 Å². The smallest absolute Gasteiger partial charge is 0.408 e. The lowest BCUT2D eigenvalue weighted by molar-refractivity contribution is -0.141. The molecule has 3 heterocycles. The third-order valence-electron chi connectivity index (χ3n) is 9.33. The van der Waals surface area contributed by atoms with Crippen LogP contribution in [0.2, 0.25) is 0 Å². The number of ether oxygens (including phenoxy) is 2. The minimum absolute atomic E-state index is 0.0156. The fourth-order valence-corrected chi connectivity index (χ4v) is 7.86. The lowest BCUT2D eigenvalue weighted by Gasteiger charge is -2.30. The standard InChI is InChI=1S/C34H45N5O9S/c1-20-12-15-24-27(16-20)47-32(36-24)46-22-17-26-28(40)37-34(30(42)38-49(44,45)23-13-14-23)18-21(34)10-8-6-5-7-9-11-25(29(41)39(26)19-22)35-31(43)48-33(2,3)4/h8,10,12,15-16,21-23,25-26H,5-7,9,11,13-14,17-19H2,1-4H3,(H,35,43)(H,37,40)(H,38,42)/b10-8-/t21-,22+,25-,26-,34+/m0/s1. The van der Waals surface area contributed by atoms with Gasteiger partial charge in [-0.25, -0.2) is 13.2 Å². The highest BCUT2D eigenvalue weighted by molar-refractivity contribution is 7.91. The van der Waals surface area contributed by atoms with Crippen LogP contribution in [0.4, 0.5) is 4.79 Å². The minimum atomic E-state index is -3.87. The summed E-state index contributed by atoms with van der Waals surface area (Å²) in [7, 11) is -3.87. The molecule has 0 spiro atoms. The van der Waals surface area contributed by atoms with Gasteiger partial charge in [0.1, 0.15) is 34.8 Å². The SMILES string of the molecule is Cc1ccc2nc(O[C@@H]3C[C@H]4C(=O)N[C@]5(C(=O)NS(=O)(=O)C6CC6)C[C@@H]5/C=C\CCCCC[C@H](NC(=O)OC(C)(C)C)C(=O)N4C3)oc2c1. The van der Waals surface area contributed by atoms with Gasteiger partial charge in [-0.3, -0.25) is 19.1 Å². The number of aryl methyl sites for hydroxylation is 1. The van der Waals surface area contributed by atoms with Gasteiger partial charge < -0.3 is 29.4 Å². The highest BCUT2D eigenvalue weighted by atomic mass is 32.2. The topological polar surface area (TPSA) is 186 Å². The molecule has 4 aliphatic rings. The van der Waals surface area contributed by atoms with Crippen LogP contribution in [0.5, 0.6) is 6.08 Å². The molecule has 4 amide bonds. The quantitative estimate of drug-likeness (QED) is 0.378. The molecule has 266 valence electrons. The molecule has 2 saturated carbocycles. The van der Waals surface area contributed by atoms with Crippen LogP contribution in [0, 0.1) is 12.8 Å². The molecule has 1 aromatic carbocycles. The number of rotatable bonds is 6. The van der Waals surface area contributed by atoms with E-state index < -0.39 is 74.3 Å². The predicted molar refractivity (Wildman–Crippen MR) is 178 cm³/mol. The number of alkyl carbamates (subject to hydrolysis) is 1. The van der Waals surface area contributed by atoms with Crippen LogP contribution in [0.3, 0.4) is 0 Å². The summed E-state index contributed by atoms with van der Waals surface area (Å²) in [5, 5.41) is 4.94. The first-order valence-corrected chi connectivity index (χ1v) is 18.6. The van der Waals surface area contributed by atoms with E-state index in [1.165, 1.54) is 4.90 Å².